The highest BCUT2D eigenvalue weighted by Gasteiger charge is 2.26. The molecular weight excluding hydrogens is 552 g/mol. The van der Waals surface area contributed by atoms with Gasteiger partial charge in [-0.25, -0.2) is 4.79 Å². The van der Waals surface area contributed by atoms with E-state index in [1.54, 1.807) is 7.11 Å². The van der Waals surface area contributed by atoms with Crippen molar-refractivity contribution >= 4 is 11.7 Å². The van der Waals surface area contributed by atoms with Crippen LogP contribution in [0, 0.1) is 0 Å². The van der Waals surface area contributed by atoms with Crippen LogP contribution in [0.3, 0.4) is 0 Å². The molecular formula is C37H50N2O5. The summed E-state index contributed by atoms with van der Waals surface area (Å²) in [5.74, 6) is 3.16. The molecule has 1 N–H and O–H groups in total. The van der Waals surface area contributed by atoms with Crippen LogP contribution >= 0.6 is 0 Å². The Labute approximate surface area is 263 Å². The molecule has 0 aromatic heterocycles. The SMILES string of the molecule is CCC(C)(C)c1ccc(OCCCCN(Cc2ccc3c(c2)OCCO3)C(=O)Nc2ccc(OC)cc2)c(C(C)(C)CC)c1. The van der Waals surface area contributed by atoms with Crippen molar-refractivity contribution in [3.05, 3.63) is 77.4 Å². The first-order valence-corrected chi connectivity index (χ1v) is 15.9. The van der Waals surface area contributed by atoms with Crippen molar-refractivity contribution in [1.82, 2.24) is 4.90 Å². The number of unbranched alkanes of at least 4 members (excludes halogenated alkanes) is 1. The minimum Gasteiger partial charge on any atom is -0.497 e. The molecule has 7 nitrogen and oxygen atoms in total. The van der Waals surface area contributed by atoms with Gasteiger partial charge in [0.1, 0.15) is 24.7 Å². The maximum absolute atomic E-state index is 13.5. The largest absolute Gasteiger partial charge is 0.497 e. The number of carbonyl (C=O) groups excluding carboxylic acids is 1. The number of rotatable bonds is 14. The summed E-state index contributed by atoms with van der Waals surface area (Å²) >= 11 is 0. The predicted molar refractivity (Wildman–Crippen MR) is 178 cm³/mol. The Balaban J connectivity index is 1.42. The molecule has 1 aliphatic heterocycles. The van der Waals surface area contributed by atoms with Gasteiger partial charge in [-0.05, 0) is 90.1 Å². The Morgan fingerprint density at radius 2 is 1.57 bits per heavy atom. The van der Waals surface area contributed by atoms with E-state index >= 15 is 0 Å². The molecule has 4 rings (SSSR count). The highest BCUT2D eigenvalue weighted by atomic mass is 16.6. The van der Waals surface area contributed by atoms with Crippen molar-refractivity contribution in [3.63, 3.8) is 0 Å². The molecule has 3 aromatic carbocycles. The molecule has 3 aromatic rings. The number of hydrogen-bond acceptors (Lipinski definition) is 5. The topological polar surface area (TPSA) is 69.3 Å². The summed E-state index contributed by atoms with van der Waals surface area (Å²) in [6, 6.07) is 19.8. The van der Waals surface area contributed by atoms with E-state index < -0.39 is 0 Å². The second-order valence-electron chi connectivity index (χ2n) is 12.8. The third-order valence-corrected chi connectivity index (χ3v) is 8.95. The third-order valence-electron chi connectivity index (χ3n) is 8.95. The molecule has 44 heavy (non-hydrogen) atoms. The number of urea groups is 1. The van der Waals surface area contributed by atoms with Gasteiger partial charge in [0.2, 0.25) is 0 Å². The number of benzene rings is 3. The fourth-order valence-electron chi connectivity index (χ4n) is 5.12. The van der Waals surface area contributed by atoms with Crippen molar-refractivity contribution in [1.29, 1.82) is 0 Å². The van der Waals surface area contributed by atoms with Gasteiger partial charge in [0.25, 0.3) is 0 Å². The van der Waals surface area contributed by atoms with Gasteiger partial charge < -0.3 is 29.2 Å². The van der Waals surface area contributed by atoms with Crippen LogP contribution in [0.25, 0.3) is 0 Å². The normalized spacial score (nSPS) is 12.9. The monoisotopic (exact) mass is 602 g/mol. The van der Waals surface area contributed by atoms with Crippen LogP contribution in [0.2, 0.25) is 0 Å². The van der Waals surface area contributed by atoms with Gasteiger partial charge >= 0.3 is 6.03 Å². The maximum atomic E-state index is 13.5. The van der Waals surface area contributed by atoms with E-state index in [9.17, 15) is 4.79 Å². The number of fused-ring (bicyclic) bond motifs is 1. The van der Waals surface area contributed by atoms with Gasteiger partial charge in [-0.2, -0.15) is 0 Å². The molecule has 1 aliphatic rings. The van der Waals surface area contributed by atoms with Crippen LogP contribution in [0.15, 0.2) is 60.7 Å². The molecule has 0 bridgehead atoms. The Morgan fingerprint density at radius 3 is 2.25 bits per heavy atom. The van der Waals surface area contributed by atoms with Gasteiger partial charge in [-0.15, -0.1) is 0 Å². The summed E-state index contributed by atoms with van der Waals surface area (Å²) in [5.41, 5.74) is 4.43. The molecule has 0 saturated heterocycles. The highest BCUT2D eigenvalue weighted by Crippen LogP contribution is 2.38. The molecule has 0 unspecified atom stereocenters. The van der Waals surface area contributed by atoms with E-state index in [0.29, 0.717) is 38.6 Å². The van der Waals surface area contributed by atoms with E-state index in [2.05, 4.69) is 65.1 Å². The fourth-order valence-corrected chi connectivity index (χ4v) is 5.12. The smallest absolute Gasteiger partial charge is 0.322 e. The van der Waals surface area contributed by atoms with Gasteiger partial charge in [0.05, 0.1) is 13.7 Å². The molecule has 7 heteroatoms. The summed E-state index contributed by atoms with van der Waals surface area (Å²) in [4.78, 5) is 15.3. The molecule has 0 radical (unpaired) electrons. The van der Waals surface area contributed by atoms with Gasteiger partial charge in [0, 0.05) is 24.3 Å². The summed E-state index contributed by atoms with van der Waals surface area (Å²) in [6.45, 7) is 16.3. The zero-order chi connectivity index (χ0) is 31.7. The number of ether oxygens (including phenoxy) is 4. The van der Waals surface area contributed by atoms with E-state index in [1.165, 1.54) is 11.1 Å². The molecule has 2 amide bonds. The molecule has 1 heterocycles. The maximum Gasteiger partial charge on any atom is 0.322 e. The van der Waals surface area contributed by atoms with Gasteiger partial charge in [-0.3, -0.25) is 0 Å². The lowest BCUT2D eigenvalue weighted by Crippen LogP contribution is -2.35. The second-order valence-corrected chi connectivity index (χ2v) is 12.8. The van der Waals surface area contributed by atoms with Crippen molar-refractivity contribution in [2.75, 3.05) is 38.8 Å². The number of anilines is 1. The first kappa shape index (κ1) is 33.0. The van der Waals surface area contributed by atoms with Crippen LogP contribution in [0.4, 0.5) is 10.5 Å². The molecule has 0 aliphatic carbocycles. The minimum absolute atomic E-state index is 0.00907. The van der Waals surface area contributed by atoms with Crippen LogP contribution in [-0.4, -0.2) is 44.4 Å². The average Bonchev–Trinajstić information content (AvgIpc) is 3.04. The Morgan fingerprint density at radius 1 is 0.864 bits per heavy atom. The van der Waals surface area contributed by atoms with E-state index in [1.807, 2.05) is 47.4 Å². The number of hydrogen-bond donors (Lipinski definition) is 1. The second kappa shape index (κ2) is 14.7. The first-order chi connectivity index (χ1) is 21.1. The number of nitrogens with zero attached hydrogens (tertiary/aromatic N) is 1. The lowest BCUT2D eigenvalue weighted by Gasteiger charge is -2.30. The summed E-state index contributed by atoms with van der Waals surface area (Å²) in [6.07, 6.45) is 3.72. The summed E-state index contributed by atoms with van der Waals surface area (Å²) in [5, 5.41) is 3.04. The van der Waals surface area contributed by atoms with Crippen LogP contribution in [-0.2, 0) is 17.4 Å². The number of methoxy groups -OCH3 is 1. The Hall–Kier alpha value is -3.87. The fraction of sp³-hybridized carbons (Fsp3) is 0.486. The number of nitrogens with one attached hydrogen (secondary N) is 1. The summed E-state index contributed by atoms with van der Waals surface area (Å²) < 4.78 is 23.1. The third kappa shape index (κ3) is 8.40. The predicted octanol–water partition coefficient (Wildman–Crippen LogP) is 8.73. The van der Waals surface area contributed by atoms with Gasteiger partial charge in [-0.1, -0.05) is 59.7 Å². The zero-order valence-electron chi connectivity index (χ0n) is 27.6. The number of amides is 2. The van der Waals surface area contributed by atoms with Crippen molar-refractivity contribution in [3.8, 4) is 23.0 Å². The molecule has 0 saturated carbocycles. The van der Waals surface area contributed by atoms with Crippen molar-refractivity contribution in [2.45, 2.75) is 84.6 Å². The molecule has 0 atom stereocenters. The summed E-state index contributed by atoms with van der Waals surface area (Å²) in [7, 11) is 1.63. The van der Waals surface area contributed by atoms with Gasteiger partial charge in [0.15, 0.2) is 11.5 Å². The van der Waals surface area contributed by atoms with Crippen molar-refractivity contribution < 1.29 is 23.7 Å². The number of carbonyl (C=O) groups is 1. The van der Waals surface area contributed by atoms with E-state index in [4.69, 9.17) is 18.9 Å². The molecule has 0 spiro atoms. The van der Waals surface area contributed by atoms with E-state index in [-0.39, 0.29) is 16.9 Å². The molecule has 0 fully saturated rings. The zero-order valence-corrected chi connectivity index (χ0v) is 27.6. The van der Waals surface area contributed by atoms with Crippen molar-refractivity contribution in [2.24, 2.45) is 0 Å². The standard InChI is InChI=1S/C37H50N2O5/c1-8-36(3,4)28-13-19-32(31(25-28)37(5,6)9-2)42-21-11-10-20-39(35(40)38-29-14-16-30(41-7)17-15-29)26-27-12-18-33-34(24-27)44-23-22-43-33/h12-19,24-25H,8-11,20-23,26H2,1-7H3,(H,38,40). The average molecular weight is 603 g/mol. The van der Waals surface area contributed by atoms with Crippen LogP contribution in [0.5, 0.6) is 23.0 Å². The Kier molecular flexibility index (Phi) is 11.1. The first-order valence-electron chi connectivity index (χ1n) is 15.9. The molecule has 238 valence electrons. The minimum atomic E-state index is -0.160. The highest BCUT2D eigenvalue weighted by molar-refractivity contribution is 5.89. The lowest BCUT2D eigenvalue weighted by atomic mass is 9.76. The quantitative estimate of drug-likeness (QED) is 0.187. The lowest BCUT2D eigenvalue weighted by molar-refractivity contribution is 0.171. The van der Waals surface area contributed by atoms with Crippen LogP contribution < -0.4 is 24.3 Å². The van der Waals surface area contributed by atoms with E-state index in [0.717, 1.165) is 54.2 Å². The Bertz CT molecular complexity index is 1380. The van der Waals surface area contributed by atoms with Crippen LogP contribution in [0.1, 0.15) is 83.9 Å².